The molecule has 1 amide bonds. The zero-order valence-electron chi connectivity index (χ0n) is 12.9. The molecular weight excluding hydrogens is 308 g/mol. The van der Waals surface area contributed by atoms with Crippen molar-refractivity contribution in [1.82, 2.24) is 4.98 Å². The standard InChI is InChI=1S/C18H16N2O2S/c1-12-16(23-18(19-12)13-8-4-3-5-9-13)17(21)20-14-10-6-7-11-15(14)22-2/h3-11H,1-2H3,(H,20,21). The molecule has 0 saturated heterocycles. The molecule has 3 aromatic rings. The van der Waals surface area contributed by atoms with Gasteiger partial charge in [-0.15, -0.1) is 11.3 Å². The summed E-state index contributed by atoms with van der Waals surface area (Å²) in [4.78, 5) is 17.7. The molecule has 0 fully saturated rings. The van der Waals surface area contributed by atoms with Gasteiger partial charge in [0.2, 0.25) is 0 Å². The Balaban J connectivity index is 1.87. The summed E-state index contributed by atoms with van der Waals surface area (Å²) in [6.45, 7) is 1.85. The maximum atomic E-state index is 12.6. The van der Waals surface area contributed by atoms with Crippen molar-refractivity contribution in [2.45, 2.75) is 6.92 Å². The third-order valence-corrected chi connectivity index (χ3v) is 4.58. The normalized spacial score (nSPS) is 10.3. The van der Waals surface area contributed by atoms with Crippen molar-refractivity contribution >= 4 is 22.9 Å². The molecule has 0 bridgehead atoms. The lowest BCUT2D eigenvalue weighted by atomic mass is 10.2. The molecule has 23 heavy (non-hydrogen) atoms. The summed E-state index contributed by atoms with van der Waals surface area (Å²) < 4.78 is 5.26. The van der Waals surface area contributed by atoms with Crippen LogP contribution in [0, 0.1) is 6.92 Å². The molecule has 0 unspecified atom stereocenters. The van der Waals surface area contributed by atoms with Gasteiger partial charge in [0.25, 0.3) is 5.91 Å². The second-order valence-corrected chi connectivity index (χ2v) is 5.95. The first kappa shape index (κ1) is 15.2. The van der Waals surface area contributed by atoms with Gasteiger partial charge in [-0.05, 0) is 19.1 Å². The molecule has 2 aromatic carbocycles. The van der Waals surface area contributed by atoms with E-state index >= 15 is 0 Å². The number of methoxy groups -OCH3 is 1. The van der Waals surface area contributed by atoms with E-state index in [-0.39, 0.29) is 5.91 Å². The van der Waals surface area contributed by atoms with E-state index in [0.29, 0.717) is 16.3 Å². The number of hydrogen-bond acceptors (Lipinski definition) is 4. The Morgan fingerprint density at radius 1 is 1.09 bits per heavy atom. The maximum Gasteiger partial charge on any atom is 0.267 e. The topological polar surface area (TPSA) is 51.2 Å². The van der Waals surface area contributed by atoms with Crippen LogP contribution >= 0.6 is 11.3 Å². The Morgan fingerprint density at radius 3 is 2.52 bits per heavy atom. The number of hydrogen-bond donors (Lipinski definition) is 1. The van der Waals surface area contributed by atoms with Gasteiger partial charge in [-0.25, -0.2) is 4.98 Å². The summed E-state index contributed by atoms with van der Waals surface area (Å²) in [5.74, 6) is 0.456. The van der Waals surface area contributed by atoms with E-state index in [1.807, 2.05) is 61.5 Å². The highest BCUT2D eigenvalue weighted by Crippen LogP contribution is 2.29. The second-order valence-electron chi connectivity index (χ2n) is 4.95. The van der Waals surface area contributed by atoms with E-state index in [1.54, 1.807) is 7.11 Å². The number of benzene rings is 2. The predicted molar refractivity (Wildman–Crippen MR) is 93.2 cm³/mol. The van der Waals surface area contributed by atoms with E-state index in [9.17, 15) is 4.79 Å². The summed E-state index contributed by atoms with van der Waals surface area (Å²) >= 11 is 1.39. The number of aromatic nitrogens is 1. The third kappa shape index (κ3) is 3.24. The number of thiazole rings is 1. The minimum Gasteiger partial charge on any atom is -0.495 e. The Labute approximate surface area is 138 Å². The Morgan fingerprint density at radius 2 is 1.78 bits per heavy atom. The first-order valence-electron chi connectivity index (χ1n) is 7.16. The SMILES string of the molecule is COc1ccccc1NC(=O)c1sc(-c2ccccc2)nc1C. The van der Waals surface area contributed by atoms with Crippen molar-refractivity contribution in [3.63, 3.8) is 0 Å². The van der Waals surface area contributed by atoms with E-state index in [1.165, 1.54) is 11.3 Å². The first-order chi connectivity index (χ1) is 11.2. The monoisotopic (exact) mass is 324 g/mol. The number of carbonyl (C=O) groups excluding carboxylic acids is 1. The van der Waals surface area contributed by atoms with Crippen molar-refractivity contribution in [1.29, 1.82) is 0 Å². The van der Waals surface area contributed by atoms with Crippen LogP contribution in [0.2, 0.25) is 0 Å². The number of carbonyl (C=O) groups is 1. The highest BCUT2D eigenvalue weighted by Gasteiger charge is 2.17. The van der Waals surface area contributed by atoms with Crippen LogP contribution in [0.4, 0.5) is 5.69 Å². The van der Waals surface area contributed by atoms with Crippen LogP contribution in [0.3, 0.4) is 0 Å². The maximum absolute atomic E-state index is 12.6. The average molecular weight is 324 g/mol. The van der Waals surface area contributed by atoms with Crippen LogP contribution in [-0.4, -0.2) is 18.0 Å². The number of ether oxygens (including phenoxy) is 1. The van der Waals surface area contributed by atoms with Crippen molar-refractivity contribution in [3.05, 3.63) is 65.2 Å². The quantitative estimate of drug-likeness (QED) is 0.775. The number of amides is 1. The van der Waals surface area contributed by atoms with E-state index in [2.05, 4.69) is 10.3 Å². The molecule has 0 aliphatic heterocycles. The summed E-state index contributed by atoms with van der Waals surface area (Å²) in [7, 11) is 1.58. The van der Waals surface area contributed by atoms with Crippen LogP contribution < -0.4 is 10.1 Å². The molecule has 0 aliphatic rings. The highest BCUT2D eigenvalue weighted by molar-refractivity contribution is 7.17. The second kappa shape index (κ2) is 6.62. The van der Waals surface area contributed by atoms with Gasteiger partial charge in [0.15, 0.2) is 0 Å². The van der Waals surface area contributed by atoms with Gasteiger partial charge in [-0.2, -0.15) is 0 Å². The molecule has 1 aromatic heterocycles. The third-order valence-electron chi connectivity index (χ3n) is 3.38. The van der Waals surface area contributed by atoms with Gasteiger partial charge in [0, 0.05) is 5.56 Å². The van der Waals surface area contributed by atoms with Gasteiger partial charge in [0.1, 0.15) is 15.6 Å². The summed E-state index contributed by atoms with van der Waals surface area (Å²) in [6, 6.07) is 17.2. The molecular formula is C18H16N2O2S. The molecule has 1 N–H and O–H groups in total. The fraction of sp³-hybridized carbons (Fsp3) is 0.111. The summed E-state index contributed by atoms with van der Waals surface area (Å²) in [5.41, 5.74) is 2.38. The summed E-state index contributed by atoms with van der Waals surface area (Å²) in [6.07, 6.45) is 0. The Hall–Kier alpha value is -2.66. The molecule has 4 nitrogen and oxygen atoms in total. The van der Waals surface area contributed by atoms with Gasteiger partial charge in [-0.1, -0.05) is 42.5 Å². The largest absolute Gasteiger partial charge is 0.495 e. The minimum atomic E-state index is -0.174. The van der Waals surface area contributed by atoms with Gasteiger partial charge < -0.3 is 10.1 Å². The number of aryl methyl sites for hydroxylation is 1. The average Bonchev–Trinajstić information content (AvgIpc) is 2.98. The first-order valence-corrected chi connectivity index (χ1v) is 7.98. The number of rotatable bonds is 4. The van der Waals surface area contributed by atoms with Crippen molar-refractivity contribution in [2.75, 3.05) is 12.4 Å². The highest BCUT2D eigenvalue weighted by atomic mass is 32.1. The zero-order chi connectivity index (χ0) is 16.2. The van der Waals surface area contributed by atoms with E-state index in [0.717, 1.165) is 16.3 Å². The van der Waals surface area contributed by atoms with Crippen LogP contribution in [0.1, 0.15) is 15.4 Å². The Kier molecular flexibility index (Phi) is 4.39. The van der Waals surface area contributed by atoms with Crippen LogP contribution in [0.25, 0.3) is 10.6 Å². The molecule has 5 heteroatoms. The number of nitrogens with zero attached hydrogens (tertiary/aromatic N) is 1. The molecule has 0 spiro atoms. The number of para-hydroxylation sites is 2. The lowest BCUT2D eigenvalue weighted by molar-refractivity contribution is 0.102. The molecule has 0 radical (unpaired) electrons. The zero-order valence-corrected chi connectivity index (χ0v) is 13.7. The lowest BCUT2D eigenvalue weighted by Crippen LogP contribution is -2.12. The fourth-order valence-corrected chi connectivity index (χ4v) is 3.21. The predicted octanol–water partition coefficient (Wildman–Crippen LogP) is 4.38. The van der Waals surface area contributed by atoms with E-state index in [4.69, 9.17) is 4.74 Å². The molecule has 3 rings (SSSR count). The van der Waals surface area contributed by atoms with Gasteiger partial charge in [0.05, 0.1) is 18.5 Å². The van der Waals surface area contributed by atoms with Crippen molar-refractivity contribution in [3.8, 4) is 16.3 Å². The smallest absolute Gasteiger partial charge is 0.267 e. The molecule has 1 heterocycles. The minimum absolute atomic E-state index is 0.174. The molecule has 0 aliphatic carbocycles. The number of anilines is 1. The van der Waals surface area contributed by atoms with Crippen LogP contribution in [0.5, 0.6) is 5.75 Å². The van der Waals surface area contributed by atoms with Crippen LogP contribution in [0.15, 0.2) is 54.6 Å². The fourth-order valence-electron chi connectivity index (χ4n) is 2.24. The van der Waals surface area contributed by atoms with Gasteiger partial charge in [-0.3, -0.25) is 4.79 Å². The van der Waals surface area contributed by atoms with E-state index < -0.39 is 0 Å². The molecule has 0 saturated carbocycles. The molecule has 0 atom stereocenters. The summed E-state index contributed by atoms with van der Waals surface area (Å²) in [5, 5.41) is 3.73. The van der Waals surface area contributed by atoms with Crippen molar-refractivity contribution < 1.29 is 9.53 Å². The van der Waals surface area contributed by atoms with Crippen molar-refractivity contribution in [2.24, 2.45) is 0 Å². The molecule has 116 valence electrons. The lowest BCUT2D eigenvalue weighted by Gasteiger charge is -2.08. The number of nitrogens with one attached hydrogen (secondary N) is 1. The van der Waals surface area contributed by atoms with Gasteiger partial charge >= 0.3 is 0 Å². The Bertz CT molecular complexity index is 828. The van der Waals surface area contributed by atoms with Crippen LogP contribution in [-0.2, 0) is 0 Å².